The van der Waals surface area contributed by atoms with Gasteiger partial charge in [0.1, 0.15) is 6.61 Å². The van der Waals surface area contributed by atoms with E-state index in [4.69, 9.17) is 10.6 Å². The van der Waals surface area contributed by atoms with E-state index in [1.807, 2.05) is 19.1 Å². The van der Waals surface area contributed by atoms with E-state index in [2.05, 4.69) is 24.2 Å². The number of nitrogens with two attached hydrogens (primary N) is 1. The molecule has 76 valence electrons. The molecule has 0 fully saturated rings. The summed E-state index contributed by atoms with van der Waals surface area (Å²) >= 11 is 0. The molecule has 0 atom stereocenters. The summed E-state index contributed by atoms with van der Waals surface area (Å²) in [6.07, 6.45) is 0. The van der Waals surface area contributed by atoms with Crippen molar-refractivity contribution >= 4 is 5.71 Å². The molecule has 0 bridgehead atoms. The van der Waals surface area contributed by atoms with Gasteiger partial charge in [0.05, 0.1) is 5.71 Å². The Bertz CT molecular complexity index is 304. The van der Waals surface area contributed by atoms with Crippen LogP contribution in [0.4, 0.5) is 0 Å². The van der Waals surface area contributed by atoms with Crippen molar-refractivity contribution in [3.8, 4) is 0 Å². The van der Waals surface area contributed by atoms with Gasteiger partial charge in [-0.3, -0.25) is 0 Å². The molecule has 0 aromatic heterocycles. The van der Waals surface area contributed by atoms with Crippen LogP contribution in [-0.2, 0) is 4.84 Å². The van der Waals surface area contributed by atoms with Crippen LogP contribution in [0.5, 0.6) is 0 Å². The summed E-state index contributed by atoms with van der Waals surface area (Å²) < 4.78 is 0. The van der Waals surface area contributed by atoms with Crippen LogP contribution in [0.1, 0.15) is 18.1 Å². The lowest BCUT2D eigenvalue weighted by Crippen LogP contribution is -2.06. The molecule has 0 saturated heterocycles. The topological polar surface area (TPSA) is 47.6 Å². The number of aryl methyl sites for hydroxylation is 1. The van der Waals surface area contributed by atoms with Crippen molar-refractivity contribution in [1.82, 2.24) is 0 Å². The maximum Gasteiger partial charge on any atom is 0.129 e. The molecule has 3 heteroatoms. The third kappa shape index (κ3) is 3.18. The molecule has 3 nitrogen and oxygen atoms in total. The Labute approximate surface area is 84.6 Å². The highest BCUT2D eigenvalue weighted by Gasteiger charge is 1.96. The van der Waals surface area contributed by atoms with E-state index in [0.29, 0.717) is 13.2 Å². The maximum absolute atomic E-state index is 5.28. The summed E-state index contributed by atoms with van der Waals surface area (Å²) in [5.41, 5.74) is 8.47. The maximum atomic E-state index is 5.28. The molecule has 0 radical (unpaired) electrons. The molecule has 0 unspecified atom stereocenters. The minimum Gasteiger partial charge on any atom is -0.394 e. The standard InChI is InChI=1S/C11H16N2O/c1-9-3-5-11(6-4-9)10(2)13-14-8-7-12/h3-6H,7-8,12H2,1-2H3/b13-10-. The Hall–Kier alpha value is -1.35. The normalized spacial score (nSPS) is 11.5. The smallest absolute Gasteiger partial charge is 0.129 e. The zero-order valence-corrected chi connectivity index (χ0v) is 8.66. The van der Waals surface area contributed by atoms with Crippen LogP contribution in [-0.4, -0.2) is 18.9 Å². The van der Waals surface area contributed by atoms with Gasteiger partial charge in [0.15, 0.2) is 0 Å². The number of nitrogens with zero attached hydrogens (tertiary/aromatic N) is 1. The Morgan fingerprint density at radius 3 is 2.57 bits per heavy atom. The summed E-state index contributed by atoms with van der Waals surface area (Å²) in [4.78, 5) is 4.99. The van der Waals surface area contributed by atoms with Crippen LogP contribution in [0.15, 0.2) is 29.4 Å². The molecule has 1 aromatic rings. The molecule has 0 aliphatic carbocycles. The van der Waals surface area contributed by atoms with Gasteiger partial charge in [-0.25, -0.2) is 0 Å². The Morgan fingerprint density at radius 1 is 1.36 bits per heavy atom. The lowest BCUT2D eigenvalue weighted by molar-refractivity contribution is 0.152. The zero-order valence-electron chi connectivity index (χ0n) is 8.66. The lowest BCUT2D eigenvalue weighted by Gasteiger charge is -2.01. The first-order chi connectivity index (χ1) is 6.74. The van der Waals surface area contributed by atoms with Crippen molar-refractivity contribution in [2.75, 3.05) is 13.2 Å². The van der Waals surface area contributed by atoms with Crippen LogP contribution >= 0.6 is 0 Å². The van der Waals surface area contributed by atoms with Crippen LogP contribution in [0.25, 0.3) is 0 Å². The molecule has 14 heavy (non-hydrogen) atoms. The van der Waals surface area contributed by atoms with Crippen molar-refractivity contribution < 1.29 is 4.84 Å². The van der Waals surface area contributed by atoms with Crippen molar-refractivity contribution in [2.45, 2.75) is 13.8 Å². The molecular weight excluding hydrogens is 176 g/mol. The van der Waals surface area contributed by atoms with E-state index in [0.717, 1.165) is 11.3 Å². The van der Waals surface area contributed by atoms with Crippen molar-refractivity contribution in [3.05, 3.63) is 35.4 Å². The van der Waals surface area contributed by atoms with E-state index in [1.165, 1.54) is 5.56 Å². The zero-order chi connectivity index (χ0) is 10.4. The van der Waals surface area contributed by atoms with E-state index < -0.39 is 0 Å². The average molecular weight is 192 g/mol. The van der Waals surface area contributed by atoms with E-state index in [1.54, 1.807) is 0 Å². The molecule has 1 aromatic carbocycles. The highest BCUT2D eigenvalue weighted by molar-refractivity contribution is 5.98. The van der Waals surface area contributed by atoms with Gasteiger partial charge in [0.25, 0.3) is 0 Å². The first-order valence-electron chi connectivity index (χ1n) is 4.67. The van der Waals surface area contributed by atoms with E-state index in [9.17, 15) is 0 Å². The SMILES string of the molecule is C/C(=N/OCCN)c1ccc(C)cc1. The summed E-state index contributed by atoms with van der Waals surface area (Å²) in [5, 5.41) is 3.95. The molecule has 0 aliphatic rings. The van der Waals surface area contributed by atoms with Gasteiger partial charge in [0.2, 0.25) is 0 Å². The van der Waals surface area contributed by atoms with Crippen molar-refractivity contribution in [2.24, 2.45) is 10.9 Å². The van der Waals surface area contributed by atoms with Gasteiger partial charge in [-0.2, -0.15) is 0 Å². The van der Waals surface area contributed by atoms with Crippen molar-refractivity contribution in [3.63, 3.8) is 0 Å². The summed E-state index contributed by atoms with van der Waals surface area (Å²) in [6, 6.07) is 8.16. The molecule has 0 heterocycles. The summed E-state index contributed by atoms with van der Waals surface area (Å²) in [7, 11) is 0. The lowest BCUT2D eigenvalue weighted by atomic mass is 10.1. The Morgan fingerprint density at radius 2 is 2.00 bits per heavy atom. The summed E-state index contributed by atoms with van der Waals surface area (Å²) in [6.45, 7) is 4.93. The molecule has 0 spiro atoms. The highest BCUT2D eigenvalue weighted by atomic mass is 16.6. The average Bonchev–Trinajstić information content (AvgIpc) is 2.19. The number of hydrogen-bond acceptors (Lipinski definition) is 3. The van der Waals surface area contributed by atoms with Gasteiger partial charge in [-0.15, -0.1) is 0 Å². The summed E-state index contributed by atoms with van der Waals surface area (Å²) in [5.74, 6) is 0. The third-order valence-corrected chi connectivity index (χ3v) is 1.88. The van der Waals surface area contributed by atoms with Gasteiger partial charge in [0, 0.05) is 6.54 Å². The molecule has 0 saturated carbocycles. The fourth-order valence-electron chi connectivity index (χ4n) is 1.04. The first kappa shape index (κ1) is 10.7. The second-order valence-electron chi connectivity index (χ2n) is 3.16. The van der Waals surface area contributed by atoms with Gasteiger partial charge in [-0.05, 0) is 19.4 Å². The van der Waals surface area contributed by atoms with Gasteiger partial charge in [-0.1, -0.05) is 35.0 Å². The van der Waals surface area contributed by atoms with Crippen LogP contribution < -0.4 is 5.73 Å². The Balaban J connectivity index is 2.64. The number of hydrogen-bond donors (Lipinski definition) is 1. The number of rotatable bonds is 4. The van der Waals surface area contributed by atoms with E-state index >= 15 is 0 Å². The quantitative estimate of drug-likeness (QED) is 0.448. The molecule has 1 rings (SSSR count). The van der Waals surface area contributed by atoms with Gasteiger partial charge < -0.3 is 10.6 Å². The van der Waals surface area contributed by atoms with Gasteiger partial charge >= 0.3 is 0 Å². The van der Waals surface area contributed by atoms with E-state index in [-0.39, 0.29) is 0 Å². The molecule has 0 amide bonds. The molecule has 2 N–H and O–H groups in total. The number of oxime groups is 1. The Kier molecular flexibility index (Phi) is 4.13. The van der Waals surface area contributed by atoms with Crippen LogP contribution in [0.3, 0.4) is 0 Å². The van der Waals surface area contributed by atoms with Crippen LogP contribution in [0.2, 0.25) is 0 Å². The number of benzene rings is 1. The first-order valence-corrected chi connectivity index (χ1v) is 4.67. The molecular formula is C11H16N2O. The second-order valence-corrected chi connectivity index (χ2v) is 3.16. The third-order valence-electron chi connectivity index (χ3n) is 1.88. The highest BCUT2D eigenvalue weighted by Crippen LogP contribution is 2.04. The van der Waals surface area contributed by atoms with Crippen LogP contribution in [0, 0.1) is 6.92 Å². The minimum absolute atomic E-state index is 0.462. The van der Waals surface area contributed by atoms with Crippen molar-refractivity contribution in [1.29, 1.82) is 0 Å². The second kappa shape index (κ2) is 5.40. The monoisotopic (exact) mass is 192 g/mol. The predicted molar refractivity (Wildman–Crippen MR) is 58.4 cm³/mol. The predicted octanol–water partition coefficient (Wildman–Crippen LogP) is 1.69. The fraction of sp³-hybridized carbons (Fsp3) is 0.364. The fourth-order valence-corrected chi connectivity index (χ4v) is 1.04. The minimum atomic E-state index is 0.462. The molecule has 0 aliphatic heterocycles. The largest absolute Gasteiger partial charge is 0.394 e.